The Labute approximate surface area is 217 Å². The molecular formula is C26H37N3O8. The van der Waals surface area contributed by atoms with Crippen molar-refractivity contribution in [2.75, 3.05) is 18.1 Å². The summed E-state index contributed by atoms with van der Waals surface area (Å²) in [6.45, 7) is 7.38. The van der Waals surface area contributed by atoms with Gasteiger partial charge in [-0.2, -0.15) is 0 Å². The highest BCUT2D eigenvalue weighted by Crippen LogP contribution is 2.34. The summed E-state index contributed by atoms with van der Waals surface area (Å²) in [5.41, 5.74) is 0.846. The third-order valence-corrected chi connectivity index (χ3v) is 5.56. The fourth-order valence-corrected chi connectivity index (χ4v) is 3.77. The maximum Gasteiger partial charge on any atom is 0.515 e. The molecule has 1 heterocycles. The first-order valence-corrected chi connectivity index (χ1v) is 12.7. The average molecular weight is 520 g/mol. The maximum atomic E-state index is 12.5. The van der Waals surface area contributed by atoms with Gasteiger partial charge in [0.25, 0.3) is 5.69 Å². The fraction of sp³-hybridized carbons (Fsp3) is 0.538. The number of ether oxygens (including phenoxy) is 4. The molecule has 2 rings (SSSR count). The molecule has 0 unspecified atom stereocenters. The molecule has 1 aliphatic rings. The first-order valence-electron chi connectivity index (χ1n) is 12.7. The van der Waals surface area contributed by atoms with Gasteiger partial charge in [-0.15, -0.1) is 0 Å². The van der Waals surface area contributed by atoms with E-state index >= 15 is 0 Å². The second kappa shape index (κ2) is 15.4. The van der Waals surface area contributed by atoms with E-state index in [4.69, 9.17) is 18.9 Å². The maximum absolute atomic E-state index is 12.5. The van der Waals surface area contributed by atoms with Crippen molar-refractivity contribution in [3.05, 3.63) is 57.5 Å². The Balaban J connectivity index is 2.13. The first-order chi connectivity index (χ1) is 17.8. The van der Waals surface area contributed by atoms with E-state index in [2.05, 4.69) is 12.2 Å². The molecule has 0 radical (unpaired) electrons. The van der Waals surface area contributed by atoms with E-state index in [0.29, 0.717) is 17.8 Å². The number of carbonyl (C=O) groups is 2. The Hall–Kier alpha value is -3.76. The number of nitro benzene ring substituents is 1. The minimum Gasteiger partial charge on any atom is -0.434 e. The van der Waals surface area contributed by atoms with Crippen molar-refractivity contribution in [2.24, 2.45) is 0 Å². The number of nitro groups is 1. The lowest BCUT2D eigenvalue weighted by Gasteiger charge is -2.33. The number of rotatable bonds is 14. The molecule has 0 aliphatic carbocycles. The van der Waals surface area contributed by atoms with Crippen LogP contribution in [0.15, 0.2) is 47.4 Å². The number of unbranched alkanes of at least 4 members (excludes halogenated alkanes) is 7. The van der Waals surface area contributed by atoms with E-state index in [9.17, 15) is 19.7 Å². The van der Waals surface area contributed by atoms with Crippen LogP contribution in [0.3, 0.4) is 0 Å². The predicted octanol–water partition coefficient (Wildman–Crippen LogP) is 6.85. The Kier molecular flexibility index (Phi) is 12.2. The highest BCUT2D eigenvalue weighted by atomic mass is 16.7. The number of hydrogen-bond donors (Lipinski definition) is 1. The van der Waals surface area contributed by atoms with E-state index < -0.39 is 17.2 Å². The van der Waals surface area contributed by atoms with Crippen LogP contribution in [0.5, 0.6) is 0 Å². The van der Waals surface area contributed by atoms with E-state index in [1.165, 1.54) is 48.8 Å². The van der Waals surface area contributed by atoms with E-state index in [1.807, 2.05) is 0 Å². The lowest BCUT2D eigenvalue weighted by molar-refractivity contribution is -0.384. The van der Waals surface area contributed by atoms with E-state index in [1.54, 1.807) is 26.8 Å². The number of carbonyl (C=O) groups excluding carboxylic acids is 2. The van der Waals surface area contributed by atoms with E-state index in [0.717, 1.165) is 19.3 Å². The molecule has 0 aromatic heterocycles. The number of nitrogens with one attached hydrogen (secondary N) is 1. The van der Waals surface area contributed by atoms with Gasteiger partial charge in [0.05, 0.1) is 35.2 Å². The summed E-state index contributed by atoms with van der Waals surface area (Å²) in [6, 6.07) is 5.63. The molecule has 0 fully saturated rings. The van der Waals surface area contributed by atoms with Crippen molar-refractivity contribution in [1.29, 1.82) is 0 Å². The van der Waals surface area contributed by atoms with Crippen LogP contribution in [0.1, 0.15) is 79.1 Å². The zero-order valence-corrected chi connectivity index (χ0v) is 22.0. The number of hydrogen-bond acceptors (Lipinski definition) is 10. The van der Waals surface area contributed by atoms with Gasteiger partial charge in [-0.25, -0.2) is 14.5 Å². The predicted molar refractivity (Wildman–Crippen MR) is 137 cm³/mol. The van der Waals surface area contributed by atoms with Gasteiger partial charge < -0.3 is 24.3 Å². The standard InChI is InChI=1S/C26H37N3O8/c1-5-7-8-9-10-11-12-13-17-35-26(31)37-24-20(4)27-19(3)23(36-25(30)34-6-2)28(24)21-15-14-16-22(18-21)29(32)33/h14-16,18,27H,5-13,17H2,1-4H3. The molecule has 204 valence electrons. The molecule has 0 spiro atoms. The summed E-state index contributed by atoms with van der Waals surface area (Å²) in [7, 11) is 0. The van der Waals surface area contributed by atoms with Gasteiger partial charge in [0.15, 0.2) is 0 Å². The number of non-ortho nitro benzene ring substituents is 1. The zero-order valence-electron chi connectivity index (χ0n) is 22.0. The number of allylic oxidation sites excluding steroid dienone is 2. The highest BCUT2D eigenvalue weighted by molar-refractivity contribution is 5.69. The summed E-state index contributed by atoms with van der Waals surface area (Å²) < 4.78 is 21.0. The molecule has 1 aliphatic heterocycles. The fourth-order valence-electron chi connectivity index (χ4n) is 3.77. The molecule has 1 N–H and O–H groups in total. The van der Waals surface area contributed by atoms with Crippen molar-refractivity contribution >= 4 is 23.7 Å². The van der Waals surface area contributed by atoms with Crippen LogP contribution in [-0.2, 0) is 18.9 Å². The van der Waals surface area contributed by atoms with Gasteiger partial charge in [-0.3, -0.25) is 10.1 Å². The highest BCUT2D eigenvalue weighted by Gasteiger charge is 2.33. The van der Waals surface area contributed by atoms with Crippen LogP contribution in [-0.4, -0.2) is 30.4 Å². The lowest BCUT2D eigenvalue weighted by atomic mass is 10.1. The van der Waals surface area contributed by atoms with Gasteiger partial charge in [-0.05, 0) is 33.3 Å². The van der Waals surface area contributed by atoms with Crippen molar-refractivity contribution in [1.82, 2.24) is 5.32 Å². The third kappa shape index (κ3) is 9.32. The Morgan fingerprint density at radius 1 is 0.892 bits per heavy atom. The monoisotopic (exact) mass is 519 g/mol. The molecule has 0 saturated carbocycles. The number of benzene rings is 1. The largest absolute Gasteiger partial charge is 0.515 e. The Bertz CT molecular complexity index is 1010. The van der Waals surface area contributed by atoms with Crippen LogP contribution in [0.4, 0.5) is 21.0 Å². The van der Waals surface area contributed by atoms with Gasteiger partial charge in [-0.1, -0.05) is 57.9 Å². The number of anilines is 1. The summed E-state index contributed by atoms with van der Waals surface area (Å²) >= 11 is 0. The summed E-state index contributed by atoms with van der Waals surface area (Å²) in [6.07, 6.45) is 6.91. The summed E-state index contributed by atoms with van der Waals surface area (Å²) in [5.74, 6) is -0.109. The number of nitrogens with zero attached hydrogens (tertiary/aromatic N) is 2. The molecule has 11 nitrogen and oxygen atoms in total. The molecular weight excluding hydrogens is 482 g/mol. The van der Waals surface area contributed by atoms with Crippen molar-refractivity contribution in [2.45, 2.75) is 79.1 Å². The molecule has 0 bridgehead atoms. The third-order valence-electron chi connectivity index (χ3n) is 5.56. The molecule has 0 atom stereocenters. The molecule has 1 aromatic carbocycles. The van der Waals surface area contributed by atoms with Crippen LogP contribution >= 0.6 is 0 Å². The zero-order chi connectivity index (χ0) is 27.2. The van der Waals surface area contributed by atoms with Crippen LogP contribution in [0, 0.1) is 10.1 Å². The second-order valence-corrected chi connectivity index (χ2v) is 8.56. The second-order valence-electron chi connectivity index (χ2n) is 8.56. The average Bonchev–Trinajstić information content (AvgIpc) is 2.86. The first kappa shape index (κ1) is 29.5. The smallest absolute Gasteiger partial charge is 0.434 e. The van der Waals surface area contributed by atoms with Crippen molar-refractivity contribution in [3.63, 3.8) is 0 Å². The molecule has 11 heteroatoms. The quantitative estimate of drug-likeness (QED) is 0.120. The van der Waals surface area contributed by atoms with Gasteiger partial charge in [0.2, 0.25) is 11.8 Å². The molecule has 0 amide bonds. The molecule has 0 saturated heterocycles. The van der Waals surface area contributed by atoms with Gasteiger partial charge in [0.1, 0.15) is 0 Å². The Morgan fingerprint density at radius 2 is 1.46 bits per heavy atom. The van der Waals surface area contributed by atoms with Crippen LogP contribution < -0.4 is 10.2 Å². The van der Waals surface area contributed by atoms with Gasteiger partial charge >= 0.3 is 12.3 Å². The van der Waals surface area contributed by atoms with Crippen LogP contribution in [0.25, 0.3) is 0 Å². The SMILES string of the molecule is CCCCCCCCCCOC(=O)OC1=C(C)NC(C)=C(OC(=O)OCC)N1c1cccc([N+](=O)[O-])c1. The van der Waals surface area contributed by atoms with Crippen molar-refractivity contribution < 1.29 is 33.5 Å². The minimum atomic E-state index is -0.981. The van der Waals surface area contributed by atoms with Crippen LogP contribution in [0.2, 0.25) is 0 Å². The Morgan fingerprint density at radius 3 is 2.03 bits per heavy atom. The lowest BCUT2D eigenvalue weighted by Crippen LogP contribution is -2.37. The normalized spacial score (nSPS) is 13.2. The summed E-state index contributed by atoms with van der Waals surface area (Å²) in [4.78, 5) is 36.8. The van der Waals surface area contributed by atoms with E-state index in [-0.39, 0.29) is 36.4 Å². The topological polar surface area (TPSA) is 129 Å². The molecule has 37 heavy (non-hydrogen) atoms. The van der Waals surface area contributed by atoms with Crippen molar-refractivity contribution in [3.8, 4) is 0 Å². The molecule has 1 aromatic rings. The van der Waals surface area contributed by atoms with Gasteiger partial charge in [0, 0.05) is 12.1 Å². The summed E-state index contributed by atoms with van der Waals surface area (Å²) in [5, 5.41) is 14.4. The minimum absolute atomic E-state index is 0.0497.